The normalized spacial score (nSPS) is 15.3. The van der Waals surface area contributed by atoms with Crippen molar-refractivity contribution in [1.29, 1.82) is 0 Å². The van der Waals surface area contributed by atoms with Gasteiger partial charge in [-0.2, -0.15) is 0 Å². The van der Waals surface area contributed by atoms with Gasteiger partial charge in [-0.25, -0.2) is 4.39 Å². The van der Waals surface area contributed by atoms with Crippen molar-refractivity contribution in [3.05, 3.63) is 60.2 Å². The maximum atomic E-state index is 12.9. The third kappa shape index (κ3) is 4.54. The Hall–Kier alpha value is -2.43. The molecule has 1 aliphatic rings. The van der Waals surface area contributed by atoms with E-state index in [0.717, 1.165) is 18.5 Å². The minimum absolute atomic E-state index is 0.0790. The second kappa shape index (κ2) is 7.90. The number of amides is 1. The molecule has 0 saturated carbocycles. The van der Waals surface area contributed by atoms with E-state index in [1.165, 1.54) is 12.1 Å². The lowest BCUT2D eigenvalue weighted by Crippen LogP contribution is -2.41. The van der Waals surface area contributed by atoms with Crippen LogP contribution in [0.3, 0.4) is 0 Å². The fourth-order valence-electron chi connectivity index (χ4n) is 2.87. The zero-order valence-corrected chi connectivity index (χ0v) is 13.5. The van der Waals surface area contributed by atoms with Crippen LogP contribution in [0.15, 0.2) is 48.7 Å². The topological polar surface area (TPSA) is 42.4 Å². The molecule has 0 N–H and O–H groups in total. The predicted molar refractivity (Wildman–Crippen MR) is 89.2 cm³/mol. The largest absolute Gasteiger partial charge is 0.490 e. The molecule has 5 heteroatoms. The second-order valence-corrected chi connectivity index (χ2v) is 5.97. The number of halogens is 1. The summed E-state index contributed by atoms with van der Waals surface area (Å²) in [6.45, 7) is 1.40. The summed E-state index contributed by atoms with van der Waals surface area (Å²) in [4.78, 5) is 18.4. The number of carbonyl (C=O) groups is 1. The van der Waals surface area contributed by atoms with Crippen molar-refractivity contribution >= 4 is 5.91 Å². The average Bonchev–Trinajstić information content (AvgIpc) is 2.63. The lowest BCUT2D eigenvalue weighted by molar-refractivity contribution is -0.132. The van der Waals surface area contributed by atoms with Crippen LogP contribution >= 0.6 is 0 Å². The Morgan fingerprint density at radius 1 is 1.17 bits per heavy atom. The monoisotopic (exact) mass is 328 g/mol. The SMILES string of the molecule is O=C(CCc1ccccn1)N1CCC(Oc2ccc(F)cc2)CC1. The minimum atomic E-state index is -0.268. The average molecular weight is 328 g/mol. The number of nitrogens with zero attached hydrogens (tertiary/aromatic N) is 2. The molecule has 126 valence electrons. The third-order valence-corrected chi connectivity index (χ3v) is 4.23. The zero-order chi connectivity index (χ0) is 16.8. The lowest BCUT2D eigenvalue weighted by Gasteiger charge is -2.32. The van der Waals surface area contributed by atoms with Gasteiger partial charge in [0.15, 0.2) is 0 Å². The first-order valence-corrected chi connectivity index (χ1v) is 8.30. The van der Waals surface area contributed by atoms with E-state index in [-0.39, 0.29) is 17.8 Å². The van der Waals surface area contributed by atoms with Crippen molar-refractivity contribution in [2.24, 2.45) is 0 Å². The van der Waals surface area contributed by atoms with Crippen LogP contribution < -0.4 is 4.74 Å². The first-order chi connectivity index (χ1) is 11.7. The van der Waals surface area contributed by atoms with E-state index in [1.54, 1.807) is 18.3 Å². The van der Waals surface area contributed by atoms with Crippen molar-refractivity contribution in [2.45, 2.75) is 31.8 Å². The molecule has 1 saturated heterocycles. The summed E-state index contributed by atoms with van der Waals surface area (Å²) in [7, 11) is 0. The van der Waals surface area contributed by atoms with Gasteiger partial charge in [-0.1, -0.05) is 6.07 Å². The molecule has 3 rings (SSSR count). The van der Waals surface area contributed by atoms with E-state index in [9.17, 15) is 9.18 Å². The molecule has 0 atom stereocenters. The highest BCUT2D eigenvalue weighted by molar-refractivity contribution is 5.76. The summed E-state index contributed by atoms with van der Waals surface area (Å²) in [6.07, 6.45) is 4.58. The molecular weight excluding hydrogens is 307 g/mol. The van der Waals surface area contributed by atoms with Crippen molar-refractivity contribution in [2.75, 3.05) is 13.1 Å². The number of aryl methyl sites for hydroxylation is 1. The number of benzene rings is 1. The van der Waals surface area contributed by atoms with Crippen LogP contribution in [0.5, 0.6) is 5.75 Å². The molecule has 2 aromatic rings. The lowest BCUT2D eigenvalue weighted by atomic mass is 10.1. The molecule has 24 heavy (non-hydrogen) atoms. The van der Waals surface area contributed by atoms with Crippen LogP contribution in [0.2, 0.25) is 0 Å². The highest BCUT2D eigenvalue weighted by atomic mass is 19.1. The number of hydrogen-bond acceptors (Lipinski definition) is 3. The smallest absolute Gasteiger partial charge is 0.222 e. The number of ether oxygens (including phenoxy) is 1. The first kappa shape index (κ1) is 16.4. The van der Waals surface area contributed by atoms with E-state index in [1.807, 2.05) is 23.1 Å². The Bertz CT molecular complexity index is 653. The summed E-state index contributed by atoms with van der Waals surface area (Å²) >= 11 is 0. The number of likely N-dealkylation sites (tertiary alicyclic amines) is 1. The van der Waals surface area contributed by atoms with Crippen LogP contribution in [0, 0.1) is 5.82 Å². The van der Waals surface area contributed by atoms with E-state index in [4.69, 9.17) is 4.74 Å². The van der Waals surface area contributed by atoms with Gasteiger partial charge in [0.05, 0.1) is 0 Å². The number of pyridine rings is 1. The van der Waals surface area contributed by atoms with Crippen LogP contribution in [-0.2, 0) is 11.2 Å². The van der Waals surface area contributed by atoms with Crippen LogP contribution in [0.1, 0.15) is 25.0 Å². The van der Waals surface area contributed by atoms with Gasteiger partial charge in [0.1, 0.15) is 17.7 Å². The molecule has 4 nitrogen and oxygen atoms in total. The molecule has 1 aromatic carbocycles. The number of aromatic nitrogens is 1. The van der Waals surface area contributed by atoms with E-state index in [2.05, 4.69) is 4.98 Å². The van der Waals surface area contributed by atoms with Gasteiger partial charge in [0.25, 0.3) is 0 Å². The molecule has 1 amide bonds. The molecule has 1 aromatic heterocycles. The maximum Gasteiger partial charge on any atom is 0.222 e. The van der Waals surface area contributed by atoms with Gasteiger partial charge >= 0.3 is 0 Å². The maximum absolute atomic E-state index is 12.9. The highest BCUT2D eigenvalue weighted by Gasteiger charge is 2.23. The Kier molecular flexibility index (Phi) is 5.41. The summed E-state index contributed by atoms with van der Waals surface area (Å²) in [6, 6.07) is 11.8. The summed E-state index contributed by atoms with van der Waals surface area (Å²) in [5, 5.41) is 0. The Morgan fingerprint density at radius 3 is 2.58 bits per heavy atom. The van der Waals surface area contributed by atoms with Crippen molar-refractivity contribution in [1.82, 2.24) is 9.88 Å². The molecular formula is C19H21FN2O2. The Balaban J connectivity index is 1.42. The summed E-state index contributed by atoms with van der Waals surface area (Å²) in [5.74, 6) is 0.577. The molecule has 0 aliphatic carbocycles. The number of hydrogen-bond donors (Lipinski definition) is 0. The summed E-state index contributed by atoms with van der Waals surface area (Å²) < 4.78 is 18.7. The van der Waals surface area contributed by atoms with Crippen LogP contribution in [-0.4, -0.2) is 35.0 Å². The van der Waals surface area contributed by atoms with Gasteiger partial charge in [0, 0.05) is 44.2 Å². The number of piperidine rings is 1. The molecule has 2 heterocycles. The van der Waals surface area contributed by atoms with Crippen molar-refractivity contribution in [3.63, 3.8) is 0 Å². The molecule has 1 aliphatic heterocycles. The molecule has 0 unspecified atom stereocenters. The molecule has 0 spiro atoms. The van der Waals surface area contributed by atoms with Gasteiger partial charge in [-0.05, 0) is 42.8 Å². The Labute approximate surface area is 141 Å². The fourth-order valence-corrected chi connectivity index (χ4v) is 2.87. The molecule has 0 radical (unpaired) electrons. The third-order valence-electron chi connectivity index (χ3n) is 4.23. The predicted octanol–water partition coefficient (Wildman–Crippen LogP) is 3.22. The van der Waals surface area contributed by atoms with E-state index >= 15 is 0 Å². The van der Waals surface area contributed by atoms with E-state index < -0.39 is 0 Å². The van der Waals surface area contributed by atoms with Crippen molar-refractivity contribution in [3.8, 4) is 5.75 Å². The first-order valence-electron chi connectivity index (χ1n) is 8.30. The van der Waals surface area contributed by atoms with E-state index in [0.29, 0.717) is 31.7 Å². The number of rotatable bonds is 5. The highest BCUT2D eigenvalue weighted by Crippen LogP contribution is 2.20. The zero-order valence-electron chi connectivity index (χ0n) is 13.5. The molecule has 0 bridgehead atoms. The van der Waals surface area contributed by atoms with Crippen LogP contribution in [0.25, 0.3) is 0 Å². The summed E-state index contributed by atoms with van der Waals surface area (Å²) in [5.41, 5.74) is 0.945. The van der Waals surface area contributed by atoms with Crippen molar-refractivity contribution < 1.29 is 13.9 Å². The quantitative estimate of drug-likeness (QED) is 0.846. The second-order valence-electron chi connectivity index (χ2n) is 5.97. The van der Waals surface area contributed by atoms with Crippen LogP contribution in [0.4, 0.5) is 4.39 Å². The minimum Gasteiger partial charge on any atom is -0.490 e. The van der Waals surface area contributed by atoms with Gasteiger partial charge in [-0.3, -0.25) is 9.78 Å². The molecule has 1 fully saturated rings. The van der Waals surface area contributed by atoms with Gasteiger partial charge in [-0.15, -0.1) is 0 Å². The van der Waals surface area contributed by atoms with Gasteiger partial charge in [0.2, 0.25) is 5.91 Å². The number of carbonyl (C=O) groups excluding carboxylic acids is 1. The fraction of sp³-hybridized carbons (Fsp3) is 0.368. The van der Waals surface area contributed by atoms with Gasteiger partial charge < -0.3 is 9.64 Å². The Morgan fingerprint density at radius 2 is 1.92 bits per heavy atom. The standard InChI is InChI=1S/C19H21FN2O2/c20-15-4-7-17(8-5-15)24-18-10-13-22(14-11-18)19(23)9-6-16-3-1-2-12-21-16/h1-5,7-8,12,18H,6,9-11,13-14H2.